The van der Waals surface area contributed by atoms with Crippen LogP contribution >= 0.6 is 0 Å². The lowest BCUT2D eigenvalue weighted by Crippen LogP contribution is -2.30. The molecule has 2 amide bonds. The van der Waals surface area contributed by atoms with Crippen molar-refractivity contribution in [2.75, 3.05) is 19.5 Å². The van der Waals surface area contributed by atoms with Crippen LogP contribution in [0.1, 0.15) is 12.8 Å². The molecule has 0 spiro atoms. The minimum Gasteiger partial charge on any atom is -0.493 e. The molecule has 2 N–H and O–H groups in total. The summed E-state index contributed by atoms with van der Waals surface area (Å²) in [4.78, 5) is 20.3. The molecular formula is C20H20N4O4. The van der Waals surface area contributed by atoms with E-state index < -0.39 is 0 Å². The summed E-state index contributed by atoms with van der Waals surface area (Å²) in [5.74, 6) is 2.14. The Morgan fingerprint density at radius 2 is 1.75 bits per heavy atom. The van der Waals surface area contributed by atoms with Crippen LogP contribution < -0.4 is 24.8 Å². The summed E-state index contributed by atoms with van der Waals surface area (Å²) in [6, 6.07) is 10.7. The number of hydrogen-bond acceptors (Lipinski definition) is 6. The van der Waals surface area contributed by atoms with Gasteiger partial charge in [0.05, 0.1) is 25.1 Å². The highest BCUT2D eigenvalue weighted by Gasteiger charge is 2.23. The van der Waals surface area contributed by atoms with Crippen molar-refractivity contribution in [2.45, 2.75) is 18.9 Å². The number of benzene rings is 2. The smallest absolute Gasteiger partial charge is 0.319 e. The molecule has 0 saturated heterocycles. The van der Waals surface area contributed by atoms with Crippen LogP contribution in [-0.4, -0.2) is 36.3 Å². The van der Waals surface area contributed by atoms with Crippen LogP contribution in [-0.2, 0) is 0 Å². The molecule has 0 unspecified atom stereocenters. The molecule has 1 saturated carbocycles. The summed E-state index contributed by atoms with van der Waals surface area (Å²) in [5, 5.41) is 6.38. The molecule has 28 heavy (non-hydrogen) atoms. The van der Waals surface area contributed by atoms with Gasteiger partial charge in [0.15, 0.2) is 11.5 Å². The zero-order chi connectivity index (χ0) is 19.5. The highest BCUT2D eigenvalue weighted by atomic mass is 16.5. The minimum atomic E-state index is -0.195. The summed E-state index contributed by atoms with van der Waals surface area (Å²) < 4.78 is 16.6. The molecule has 3 aromatic rings. The average Bonchev–Trinajstić information content (AvgIpc) is 3.52. The normalized spacial score (nSPS) is 13.1. The van der Waals surface area contributed by atoms with Gasteiger partial charge < -0.3 is 24.8 Å². The average molecular weight is 380 g/mol. The lowest BCUT2D eigenvalue weighted by molar-refractivity contribution is 0.251. The Morgan fingerprint density at radius 3 is 2.43 bits per heavy atom. The molecule has 8 nitrogen and oxygen atoms in total. The molecule has 8 heteroatoms. The molecule has 1 heterocycles. The number of carbonyl (C=O) groups excluding carboxylic acids is 1. The van der Waals surface area contributed by atoms with E-state index in [1.807, 2.05) is 0 Å². The van der Waals surface area contributed by atoms with Crippen LogP contribution in [0.4, 0.5) is 10.5 Å². The Labute approximate surface area is 161 Å². The SMILES string of the molecule is COc1cc2ncnc(Oc3ccc(NC(=O)NC4CC4)cc3)c2cc1OC. The first-order valence-corrected chi connectivity index (χ1v) is 8.88. The highest BCUT2D eigenvalue weighted by molar-refractivity contribution is 5.90. The molecule has 0 bridgehead atoms. The third-order valence-corrected chi connectivity index (χ3v) is 4.34. The van der Waals surface area contributed by atoms with Crippen molar-refractivity contribution in [2.24, 2.45) is 0 Å². The summed E-state index contributed by atoms with van der Waals surface area (Å²) in [6.45, 7) is 0. The van der Waals surface area contributed by atoms with Gasteiger partial charge in [-0.3, -0.25) is 0 Å². The zero-order valence-corrected chi connectivity index (χ0v) is 15.6. The quantitative estimate of drug-likeness (QED) is 0.677. The number of ether oxygens (including phenoxy) is 3. The van der Waals surface area contributed by atoms with E-state index in [0.717, 1.165) is 12.8 Å². The van der Waals surface area contributed by atoms with Crippen molar-refractivity contribution in [3.63, 3.8) is 0 Å². The molecule has 2 aromatic carbocycles. The fraction of sp³-hybridized carbons (Fsp3) is 0.250. The number of methoxy groups -OCH3 is 2. The first-order valence-electron chi connectivity index (χ1n) is 8.88. The summed E-state index contributed by atoms with van der Waals surface area (Å²) in [7, 11) is 3.14. The van der Waals surface area contributed by atoms with E-state index in [4.69, 9.17) is 14.2 Å². The van der Waals surface area contributed by atoms with Crippen LogP contribution in [0.5, 0.6) is 23.1 Å². The van der Waals surface area contributed by atoms with E-state index in [9.17, 15) is 4.79 Å². The van der Waals surface area contributed by atoms with E-state index in [1.54, 1.807) is 50.6 Å². The minimum absolute atomic E-state index is 0.195. The maximum absolute atomic E-state index is 11.8. The second kappa shape index (κ2) is 7.59. The Balaban J connectivity index is 1.53. The highest BCUT2D eigenvalue weighted by Crippen LogP contribution is 2.35. The molecule has 1 fully saturated rings. The van der Waals surface area contributed by atoms with Gasteiger partial charge in [0.25, 0.3) is 0 Å². The van der Waals surface area contributed by atoms with Gasteiger partial charge in [0.2, 0.25) is 5.88 Å². The number of carbonyl (C=O) groups is 1. The Hall–Kier alpha value is -3.55. The van der Waals surface area contributed by atoms with Crippen LogP contribution in [0.25, 0.3) is 10.9 Å². The summed E-state index contributed by atoms with van der Waals surface area (Å²) in [5.41, 5.74) is 1.36. The van der Waals surface area contributed by atoms with Crippen molar-refractivity contribution in [3.05, 3.63) is 42.7 Å². The van der Waals surface area contributed by atoms with Crippen molar-refractivity contribution >= 4 is 22.6 Å². The van der Waals surface area contributed by atoms with Gasteiger partial charge >= 0.3 is 6.03 Å². The largest absolute Gasteiger partial charge is 0.493 e. The van der Waals surface area contributed by atoms with Crippen molar-refractivity contribution in [1.82, 2.24) is 15.3 Å². The number of aromatic nitrogens is 2. The molecule has 144 valence electrons. The van der Waals surface area contributed by atoms with Gasteiger partial charge in [-0.15, -0.1) is 0 Å². The number of rotatable bonds is 6. The monoisotopic (exact) mass is 380 g/mol. The number of nitrogens with one attached hydrogen (secondary N) is 2. The summed E-state index contributed by atoms with van der Waals surface area (Å²) >= 11 is 0. The third-order valence-electron chi connectivity index (χ3n) is 4.34. The van der Waals surface area contributed by atoms with E-state index in [1.165, 1.54) is 6.33 Å². The van der Waals surface area contributed by atoms with Crippen molar-refractivity contribution < 1.29 is 19.0 Å². The van der Waals surface area contributed by atoms with Crippen molar-refractivity contribution in [1.29, 1.82) is 0 Å². The van der Waals surface area contributed by atoms with Gasteiger partial charge in [0, 0.05) is 17.8 Å². The topological polar surface area (TPSA) is 94.6 Å². The molecule has 0 atom stereocenters. The Bertz CT molecular complexity index is 1000. The van der Waals surface area contributed by atoms with Gasteiger partial charge in [-0.1, -0.05) is 0 Å². The van der Waals surface area contributed by atoms with E-state index in [-0.39, 0.29) is 6.03 Å². The van der Waals surface area contributed by atoms with Gasteiger partial charge in [0.1, 0.15) is 12.1 Å². The van der Waals surface area contributed by atoms with E-state index in [0.29, 0.717) is 45.8 Å². The molecule has 0 aliphatic heterocycles. The maximum Gasteiger partial charge on any atom is 0.319 e. The number of urea groups is 1. The number of nitrogens with zero attached hydrogens (tertiary/aromatic N) is 2. The van der Waals surface area contributed by atoms with Crippen LogP contribution in [0.2, 0.25) is 0 Å². The second-order valence-corrected chi connectivity index (χ2v) is 6.40. The number of hydrogen-bond donors (Lipinski definition) is 2. The maximum atomic E-state index is 11.8. The first kappa shape index (κ1) is 17.8. The Morgan fingerprint density at radius 1 is 1.04 bits per heavy atom. The fourth-order valence-electron chi connectivity index (χ4n) is 2.74. The van der Waals surface area contributed by atoms with Crippen LogP contribution in [0.15, 0.2) is 42.7 Å². The van der Waals surface area contributed by atoms with Gasteiger partial charge in [-0.2, -0.15) is 0 Å². The lowest BCUT2D eigenvalue weighted by Gasteiger charge is -2.12. The van der Waals surface area contributed by atoms with Gasteiger partial charge in [-0.25, -0.2) is 14.8 Å². The molecule has 1 aliphatic rings. The first-order chi connectivity index (χ1) is 13.7. The standard InChI is InChI=1S/C20H20N4O4/c1-26-17-9-15-16(10-18(17)27-2)21-11-22-19(15)28-14-7-5-13(6-8-14)24-20(25)23-12-3-4-12/h5-12H,3-4H2,1-2H3,(H2,23,24,25). The number of fused-ring (bicyclic) bond motifs is 1. The second-order valence-electron chi connectivity index (χ2n) is 6.40. The molecule has 4 rings (SSSR count). The third kappa shape index (κ3) is 3.90. The Kier molecular flexibility index (Phi) is 4.84. The molecule has 1 aromatic heterocycles. The fourth-order valence-corrected chi connectivity index (χ4v) is 2.74. The number of anilines is 1. The van der Waals surface area contributed by atoms with Gasteiger partial charge in [-0.05, 0) is 43.2 Å². The lowest BCUT2D eigenvalue weighted by atomic mass is 10.2. The predicted molar refractivity (Wildman–Crippen MR) is 104 cm³/mol. The molecule has 1 aliphatic carbocycles. The predicted octanol–water partition coefficient (Wildman–Crippen LogP) is 3.72. The number of amides is 2. The molecule has 0 radical (unpaired) electrons. The molecular weight excluding hydrogens is 360 g/mol. The zero-order valence-electron chi connectivity index (χ0n) is 15.6. The van der Waals surface area contributed by atoms with E-state index >= 15 is 0 Å². The van der Waals surface area contributed by atoms with Crippen LogP contribution in [0, 0.1) is 0 Å². The summed E-state index contributed by atoms with van der Waals surface area (Å²) in [6.07, 6.45) is 3.52. The van der Waals surface area contributed by atoms with E-state index in [2.05, 4.69) is 20.6 Å². The van der Waals surface area contributed by atoms with Crippen molar-refractivity contribution in [3.8, 4) is 23.1 Å². The van der Waals surface area contributed by atoms with Crippen LogP contribution in [0.3, 0.4) is 0 Å².